The lowest BCUT2D eigenvalue weighted by Gasteiger charge is -2.27. The highest BCUT2D eigenvalue weighted by atomic mass is 19.1. The first-order chi connectivity index (χ1) is 9.08. The zero-order valence-electron chi connectivity index (χ0n) is 11.0. The zero-order valence-corrected chi connectivity index (χ0v) is 11.0. The molecule has 1 heterocycles. The Morgan fingerprint density at radius 2 is 2.21 bits per heavy atom. The van der Waals surface area contributed by atoms with Crippen LogP contribution in [0.1, 0.15) is 31.7 Å². The van der Waals surface area contributed by atoms with E-state index in [1.54, 1.807) is 6.92 Å². The lowest BCUT2D eigenvalue weighted by atomic mass is 10.0. The highest BCUT2D eigenvalue weighted by molar-refractivity contribution is 5.66. The summed E-state index contributed by atoms with van der Waals surface area (Å²) in [5.74, 6) is -0.981. The number of halogens is 2. The van der Waals surface area contributed by atoms with E-state index in [0.29, 0.717) is 12.2 Å². The van der Waals surface area contributed by atoms with Crippen molar-refractivity contribution in [3.8, 4) is 0 Å². The Hall–Kier alpha value is -1.26. The van der Waals surface area contributed by atoms with Crippen LogP contribution in [0.25, 0.3) is 5.57 Å². The lowest BCUT2D eigenvalue weighted by Crippen LogP contribution is -2.27. The summed E-state index contributed by atoms with van der Waals surface area (Å²) in [4.78, 5) is 0. The van der Waals surface area contributed by atoms with Crippen molar-refractivity contribution < 1.29 is 18.3 Å². The summed E-state index contributed by atoms with van der Waals surface area (Å²) < 4.78 is 37.9. The van der Waals surface area contributed by atoms with Crippen LogP contribution in [0.5, 0.6) is 0 Å². The van der Waals surface area contributed by atoms with Crippen LogP contribution in [0.15, 0.2) is 24.8 Å². The van der Waals surface area contributed by atoms with Gasteiger partial charge in [0.15, 0.2) is 6.29 Å². The van der Waals surface area contributed by atoms with Gasteiger partial charge in [-0.3, -0.25) is 0 Å². The molecule has 104 valence electrons. The molecular formula is C15H18F2O2. The maximum Gasteiger partial charge on any atom is 0.158 e. The fraction of sp³-hybridized carbons (Fsp3) is 0.467. The fourth-order valence-corrected chi connectivity index (χ4v) is 2.09. The first-order valence-corrected chi connectivity index (χ1v) is 6.49. The quantitative estimate of drug-likeness (QED) is 0.824. The Morgan fingerprint density at radius 3 is 2.89 bits per heavy atom. The van der Waals surface area contributed by atoms with Crippen LogP contribution >= 0.6 is 0 Å². The molecule has 1 fully saturated rings. The normalized spacial score (nSPS) is 21.1. The molecule has 1 aliphatic heterocycles. The molecule has 1 aromatic carbocycles. The number of hydrogen-bond acceptors (Lipinski definition) is 2. The second-order valence-electron chi connectivity index (χ2n) is 4.72. The molecule has 0 amide bonds. The molecule has 2 nitrogen and oxygen atoms in total. The average Bonchev–Trinajstić information content (AvgIpc) is 2.42. The standard InChI is InChI=1S/C15H18F2O2/c1-10(13-9-12(16)6-7-14(13)17)11(2)19-15-5-3-4-8-18-15/h6-7,9,11,15H,1,3-5,8H2,2H3/t11-,15?/m0/s1. The average molecular weight is 268 g/mol. The van der Waals surface area contributed by atoms with Crippen molar-refractivity contribution in [2.45, 2.75) is 38.6 Å². The first kappa shape index (κ1) is 14.2. The Balaban J connectivity index is 2.03. The molecule has 1 saturated heterocycles. The van der Waals surface area contributed by atoms with Gasteiger partial charge >= 0.3 is 0 Å². The van der Waals surface area contributed by atoms with Gasteiger partial charge in [0, 0.05) is 12.2 Å². The van der Waals surface area contributed by atoms with Crippen LogP contribution in [0.2, 0.25) is 0 Å². The maximum absolute atomic E-state index is 13.6. The van der Waals surface area contributed by atoms with E-state index in [4.69, 9.17) is 9.47 Å². The lowest BCUT2D eigenvalue weighted by molar-refractivity contribution is -0.172. The van der Waals surface area contributed by atoms with Crippen molar-refractivity contribution in [1.82, 2.24) is 0 Å². The highest BCUT2D eigenvalue weighted by Gasteiger charge is 2.21. The van der Waals surface area contributed by atoms with Crippen molar-refractivity contribution in [1.29, 1.82) is 0 Å². The second kappa shape index (κ2) is 6.26. The van der Waals surface area contributed by atoms with Crippen molar-refractivity contribution in [2.24, 2.45) is 0 Å². The van der Waals surface area contributed by atoms with Crippen molar-refractivity contribution in [3.63, 3.8) is 0 Å². The SMILES string of the molecule is C=C(c1cc(F)ccc1F)[C@H](C)OC1CCCCO1. The highest BCUT2D eigenvalue weighted by Crippen LogP contribution is 2.25. The monoisotopic (exact) mass is 268 g/mol. The molecule has 1 aliphatic rings. The molecule has 0 spiro atoms. The van der Waals surface area contributed by atoms with Crippen LogP contribution < -0.4 is 0 Å². The molecule has 0 bridgehead atoms. The Kier molecular flexibility index (Phi) is 4.66. The molecule has 1 aromatic rings. The second-order valence-corrected chi connectivity index (χ2v) is 4.72. The summed E-state index contributed by atoms with van der Waals surface area (Å²) in [6, 6.07) is 3.32. The first-order valence-electron chi connectivity index (χ1n) is 6.49. The molecule has 0 saturated carbocycles. The predicted octanol–water partition coefficient (Wildman–Crippen LogP) is 3.91. The third kappa shape index (κ3) is 3.61. The minimum Gasteiger partial charge on any atom is -0.353 e. The molecule has 0 aliphatic carbocycles. The van der Waals surface area contributed by atoms with E-state index in [2.05, 4.69) is 6.58 Å². The van der Waals surface area contributed by atoms with Crippen molar-refractivity contribution in [2.75, 3.05) is 6.61 Å². The maximum atomic E-state index is 13.6. The van der Waals surface area contributed by atoms with Gasteiger partial charge in [0.05, 0.1) is 6.10 Å². The van der Waals surface area contributed by atoms with E-state index in [0.717, 1.165) is 37.5 Å². The number of rotatable bonds is 4. The summed E-state index contributed by atoms with van der Waals surface area (Å²) >= 11 is 0. The van der Waals surface area contributed by atoms with Gasteiger partial charge in [-0.15, -0.1) is 0 Å². The van der Waals surface area contributed by atoms with Gasteiger partial charge in [-0.05, 0) is 50.0 Å². The fourth-order valence-electron chi connectivity index (χ4n) is 2.09. The van der Waals surface area contributed by atoms with E-state index in [9.17, 15) is 8.78 Å². The van der Waals surface area contributed by atoms with Gasteiger partial charge in [0.1, 0.15) is 11.6 Å². The van der Waals surface area contributed by atoms with Gasteiger partial charge in [-0.1, -0.05) is 6.58 Å². The van der Waals surface area contributed by atoms with Gasteiger partial charge in [-0.25, -0.2) is 8.78 Å². The van der Waals surface area contributed by atoms with Crippen LogP contribution in [0.3, 0.4) is 0 Å². The van der Waals surface area contributed by atoms with E-state index in [1.165, 1.54) is 0 Å². The molecule has 2 atom stereocenters. The largest absolute Gasteiger partial charge is 0.353 e. The number of hydrogen-bond donors (Lipinski definition) is 0. The molecule has 4 heteroatoms. The summed E-state index contributed by atoms with van der Waals surface area (Å²) in [6.45, 7) is 6.25. The third-order valence-electron chi connectivity index (χ3n) is 3.26. The summed E-state index contributed by atoms with van der Waals surface area (Å²) in [5, 5.41) is 0. The number of ether oxygens (including phenoxy) is 2. The minimum atomic E-state index is -0.494. The molecule has 0 aromatic heterocycles. The summed E-state index contributed by atoms with van der Waals surface area (Å²) in [5.41, 5.74) is 0.578. The van der Waals surface area contributed by atoms with Crippen molar-refractivity contribution >= 4 is 5.57 Å². The number of benzene rings is 1. The molecule has 0 N–H and O–H groups in total. The molecule has 0 radical (unpaired) electrons. The third-order valence-corrected chi connectivity index (χ3v) is 3.26. The summed E-state index contributed by atoms with van der Waals surface area (Å²) in [6.07, 6.45) is 2.21. The van der Waals surface area contributed by atoms with Gasteiger partial charge in [-0.2, -0.15) is 0 Å². The zero-order chi connectivity index (χ0) is 13.8. The van der Waals surface area contributed by atoms with Crippen LogP contribution in [-0.2, 0) is 9.47 Å². The minimum absolute atomic E-state index is 0.156. The smallest absolute Gasteiger partial charge is 0.158 e. The topological polar surface area (TPSA) is 18.5 Å². The van der Waals surface area contributed by atoms with Gasteiger partial charge in [0.25, 0.3) is 0 Å². The van der Waals surface area contributed by atoms with Crippen LogP contribution in [-0.4, -0.2) is 19.0 Å². The Morgan fingerprint density at radius 1 is 1.42 bits per heavy atom. The Bertz CT molecular complexity index is 453. The van der Waals surface area contributed by atoms with E-state index in [-0.39, 0.29) is 11.9 Å². The molecular weight excluding hydrogens is 250 g/mol. The predicted molar refractivity (Wildman–Crippen MR) is 69.5 cm³/mol. The van der Waals surface area contributed by atoms with Crippen LogP contribution in [0, 0.1) is 11.6 Å². The molecule has 1 unspecified atom stereocenters. The van der Waals surface area contributed by atoms with Crippen molar-refractivity contribution in [3.05, 3.63) is 42.0 Å². The Labute approximate surface area is 112 Å². The summed E-state index contributed by atoms with van der Waals surface area (Å²) in [7, 11) is 0. The molecule has 2 rings (SSSR count). The van der Waals surface area contributed by atoms with E-state index >= 15 is 0 Å². The van der Waals surface area contributed by atoms with Gasteiger partial charge < -0.3 is 9.47 Å². The molecule has 19 heavy (non-hydrogen) atoms. The van der Waals surface area contributed by atoms with Crippen LogP contribution in [0.4, 0.5) is 8.78 Å². The van der Waals surface area contributed by atoms with E-state index in [1.807, 2.05) is 0 Å². The van der Waals surface area contributed by atoms with E-state index < -0.39 is 17.7 Å². The van der Waals surface area contributed by atoms with Gasteiger partial charge in [0.2, 0.25) is 0 Å².